The van der Waals surface area contributed by atoms with Gasteiger partial charge in [0.15, 0.2) is 0 Å². The van der Waals surface area contributed by atoms with E-state index in [1.165, 1.54) is 6.42 Å². The van der Waals surface area contributed by atoms with Crippen molar-refractivity contribution in [1.29, 1.82) is 0 Å². The van der Waals surface area contributed by atoms with E-state index in [1.807, 2.05) is 12.2 Å². The van der Waals surface area contributed by atoms with Crippen molar-refractivity contribution in [2.24, 2.45) is 11.8 Å². The van der Waals surface area contributed by atoms with Crippen molar-refractivity contribution in [3.8, 4) is 0 Å². The summed E-state index contributed by atoms with van der Waals surface area (Å²) in [6.45, 7) is 0. The quantitative estimate of drug-likeness (QED) is 0.514. The number of hydrogen-bond acceptors (Lipinski definition) is 1. The van der Waals surface area contributed by atoms with E-state index in [-0.39, 0.29) is 5.92 Å². The molecule has 0 bridgehead atoms. The zero-order valence-electron chi connectivity index (χ0n) is 6.49. The monoisotopic (exact) mass is 148 g/mol. The van der Waals surface area contributed by atoms with Gasteiger partial charge in [0.1, 0.15) is 5.78 Å². The minimum absolute atomic E-state index is 0.216. The fourth-order valence-electron chi connectivity index (χ4n) is 1.95. The van der Waals surface area contributed by atoms with Gasteiger partial charge in [-0.15, -0.1) is 0 Å². The molecule has 0 aromatic rings. The minimum atomic E-state index is 0.216. The molecule has 0 radical (unpaired) electrons. The fourth-order valence-corrected chi connectivity index (χ4v) is 1.95. The van der Waals surface area contributed by atoms with Crippen LogP contribution in [0.3, 0.4) is 0 Å². The molecule has 0 aliphatic heterocycles. The lowest BCUT2D eigenvalue weighted by atomic mass is 9.76. The van der Waals surface area contributed by atoms with Crippen LogP contribution in [0.25, 0.3) is 0 Å². The molecule has 1 heteroatoms. The van der Waals surface area contributed by atoms with Gasteiger partial charge in [-0.1, -0.05) is 24.3 Å². The Morgan fingerprint density at radius 2 is 2.09 bits per heavy atom. The zero-order chi connectivity index (χ0) is 7.68. The molecule has 2 atom stereocenters. The van der Waals surface area contributed by atoms with E-state index in [4.69, 9.17) is 0 Å². The highest BCUT2D eigenvalue weighted by atomic mass is 16.1. The van der Waals surface area contributed by atoms with E-state index < -0.39 is 0 Å². The fraction of sp³-hybridized carbons (Fsp3) is 0.500. The first kappa shape index (κ1) is 6.84. The van der Waals surface area contributed by atoms with Gasteiger partial charge >= 0.3 is 0 Å². The Morgan fingerprint density at radius 1 is 1.27 bits per heavy atom. The topological polar surface area (TPSA) is 17.1 Å². The molecule has 2 rings (SSSR count). The number of carbonyl (C=O) groups excluding carboxylic acids is 1. The van der Waals surface area contributed by atoms with Crippen LogP contribution in [-0.2, 0) is 4.79 Å². The molecule has 58 valence electrons. The summed E-state index contributed by atoms with van der Waals surface area (Å²) in [5, 5.41) is 0. The summed E-state index contributed by atoms with van der Waals surface area (Å²) >= 11 is 0. The standard InChI is InChI=1S/C10H12O/c11-10-7-3-5-8-4-1-2-6-9(8)10/h1-2,4,6,8-9H,3,5,7H2. The Morgan fingerprint density at radius 3 is 2.91 bits per heavy atom. The highest BCUT2D eigenvalue weighted by Gasteiger charge is 2.28. The van der Waals surface area contributed by atoms with E-state index in [9.17, 15) is 4.79 Å². The maximum atomic E-state index is 11.3. The number of carbonyl (C=O) groups is 1. The number of allylic oxidation sites excluding steroid dienone is 4. The van der Waals surface area contributed by atoms with Gasteiger partial charge in [-0.3, -0.25) is 4.79 Å². The smallest absolute Gasteiger partial charge is 0.140 e. The second-order valence-electron chi connectivity index (χ2n) is 3.32. The summed E-state index contributed by atoms with van der Waals surface area (Å²) in [5.41, 5.74) is 0. The Bertz CT molecular complexity index is 225. The zero-order valence-corrected chi connectivity index (χ0v) is 6.49. The Kier molecular flexibility index (Phi) is 1.65. The third-order valence-corrected chi connectivity index (χ3v) is 2.58. The minimum Gasteiger partial charge on any atom is -0.299 e. The molecule has 2 aliphatic carbocycles. The van der Waals surface area contributed by atoms with Crippen molar-refractivity contribution < 1.29 is 4.79 Å². The molecule has 0 N–H and O–H groups in total. The lowest BCUT2D eigenvalue weighted by Gasteiger charge is -2.27. The third kappa shape index (κ3) is 1.15. The first-order valence-electron chi connectivity index (χ1n) is 4.25. The van der Waals surface area contributed by atoms with Gasteiger partial charge in [0.25, 0.3) is 0 Å². The summed E-state index contributed by atoms with van der Waals surface area (Å²) in [6, 6.07) is 0. The third-order valence-electron chi connectivity index (χ3n) is 2.58. The van der Waals surface area contributed by atoms with Crippen LogP contribution in [0.2, 0.25) is 0 Å². The second-order valence-corrected chi connectivity index (χ2v) is 3.32. The molecule has 0 heterocycles. The maximum Gasteiger partial charge on any atom is 0.140 e. The van der Waals surface area contributed by atoms with Crippen LogP contribution < -0.4 is 0 Å². The lowest BCUT2D eigenvalue weighted by Crippen LogP contribution is -2.26. The van der Waals surface area contributed by atoms with Gasteiger partial charge in [-0.25, -0.2) is 0 Å². The number of ketones is 1. The molecule has 0 aromatic heterocycles. The molecular weight excluding hydrogens is 136 g/mol. The molecule has 1 saturated carbocycles. The Balaban J connectivity index is 2.20. The van der Waals surface area contributed by atoms with E-state index in [0.29, 0.717) is 11.7 Å². The van der Waals surface area contributed by atoms with Gasteiger partial charge < -0.3 is 0 Å². The molecule has 11 heavy (non-hydrogen) atoms. The van der Waals surface area contributed by atoms with E-state index in [2.05, 4.69) is 12.2 Å². The van der Waals surface area contributed by atoms with Gasteiger partial charge in [-0.05, 0) is 18.8 Å². The van der Waals surface area contributed by atoms with E-state index >= 15 is 0 Å². The van der Waals surface area contributed by atoms with Crippen molar-refractivity contribution in [3.05, 3.63) is 24.3 Å². The normalized spacial score (nSPS) is 35.5. The maximum absolute atomic E-state index is 11.3. The molecule has 1 nitrogen and oxygen atoms in total. The summed E-state index contributed by atoms with van der Waals surface area (Å²) < 4.78 is 0. The number of fused-ring (bicyclic) bond motifs is 1. The van der Waals surface area contributed by atoms with Crippen LogP contribution in [0.15, 0.2) is 24.3 Å². The van der Waals surface area contributed by atoms with Crippen LogP contribution in [0, 0.1) is 11.8 Å². The largest absolute Gasteiger partial charge is 0.299 e. The van der Waals surface area contributed by atoms with Gasteiger partial charge in [-0.2, -0.15) is 0 Å². The molecule has 0 aromatic carbocycles. The van der Waals surface area contributed by atoms with Crippen LogP contribution in [0.5, 0.6) is 0 Å². The predicted octanol–water partition coefficient (Wildman–Crippen LogP) is 2.10. The summed E-state index contributed by atoms with van der Waals surface area (Å²) in [4.78, 5) is 11.3. The average Bonchev–Trinajstić information content (AvgIpc) is 2.06. The van der Waals surface area contributed by atoms with Gasteiger partial charge in [0.05, 0.1) is 0 Å². The van der Waals surface area contributed by atoms with Crippen molar-refractivity contribution in [2.75, 3.05) is 0 Å². The van der Waals surface area contributed by atoms with Crippen molar-refractivity contribution in [2.45, 2.75) is 19.3 Å². The van der Waals surface area contributed by atoms with Gasteiger partial charge in [0.2, 0.25) is 0 Å². The predicted molar refractivity (Wildman–Crippen MR) is 44.1 cm³/mol. The molecule has 2 aliphatic rings. The molecule has 0 amide bonds. The average molecular weight is 148 g/mol. The molecule has 1 fully saturated rings. The van der Waals surface area contributed by atoms with Crippen LogP contribution in [0.4, 0.5) is 0 Å². The number of hydrogen-bond donors (Lipinski definition) is 0. The summed E-state index contributed by atoms with van der Waals surface area (Å²) in [6.07, 6.45) is 11.3. The van der Waals surface area contributed by atoms with Crippen molar-refractivity contribution in [3.63, 3.8) is 0 Å². The molecule has 0 spiro atoms. The Hall–Kier alpha value is -0.850. The van der Waals surface area contributed by atoms with Crippen molar-refractivity contribution in [1.82, 2.24) is 0 Å². The lowest BCUT2D eigenvalue weighted by molar-refractivity contribution is -0.124. The Labute approximate surface area is 66.8 Å². The second kappa shape index (κ2) is 2.65. The SMILES string of the molecule is O=C1CCCC2C=CC=CC12. The van der Waals surface area contributed by atoms with Gasteiger partial charge in [0, 0.05) is 12.3 Å². The first-order chi connectivity index (χ1) is 5.38. The van der Waals surface area contributed by atoms with Crippen molar-refractivity contribution >= 4 is 5.78 Å². The molecule has 2 unspecified atom stereocenters. The summed E-state index contributed by atoms with van der Waals surface area (Å²) in [5.74, 6) is 1.16. The highest BCUT2D eigenvalue weighted by molar-refractivity contribution is 5.84. The number of Topliss-reactive ketones (excluding diaryl/α,β-unsaturated/α-hetero) is 1. The van der Waals surface area contributed by atoms with E-state index in [1.54, 1.807) is 0 Å². The first-order valence-corrected chi connectivity index (χ1v) is 4.25. The van der Waals surface area contributed by atoms with Crippen LogP contribution in [0.1, 0.15) is 19.3 Å². The van der Waals surface area contributed by atoms with E-state index in [0.717, 1.165) is 12.8 Å². The summed E-state index contributed by atoms with van der Waals surface area (Å²) in [7, 11) is 0. The highest BCUT2D eigenvalue weighted by Crippen LogP contribution is 2.31. The molecule has 0 saturated heterocycles. The van der Waals surface area contributed by atoms with Crippen LogP contribution >= 0.6 is 0 Å². The van der Waals surface area contributed by atoms with Crippen LogP contribution in [-0.4, -0.2) is 5.78 Å². The molecular formula is C10H12O. The number of rotatable bonds is 0.